The number of benzene rings is 2. The summed E-state index contributed by atoms with van der Waals surface area (Å²) >= 11 is 12.0. The SMILES string of the molecule is CC(Oc1ccc(C(C)(C)c2cc(Cl)cc(C#N)c2)cc1)c1ccnc(Cl)n1. The van der Waals surface area contributed by atoms with Crippen LogP contribution in [0.1, 0.15) is 49.3 Å². The van der Waals surface area contributed by atoms with Gasteiger partial charge >= 0.3 is 0 Å². The summed E-state index contributed by atoms with van der Waals surface area (Å²) in [5.74, 6) is 0.727. The molecule has 3 aromatic rings. The Bertz CT molecular complexity index is 1030. The Kier molecular flexibility index (Phi) is 5.88. The van der Waals surface area contributed by atoms with Crippen molar-refractivity contribution in [3.63, 3.8) is 0 Å². The molecule has 2 aromatic carbocycles. The fourth-order valence-electron chi connectivity index (χ4n) is 2.97. The van der Waals surface area contributed by atoms with Crippen molar-refractivity contribution >= 4 is 23.2 Å². The molecular formula is C22H19Cl2N3O. The lowest BCUT2D eigenvalue weighted by Crippen LogP contribution is -2.19. The van der Waals surface area contributed by atoms with Crippen LogP contribution in [0.15, 0.2) is 54.7 Å². The minimum absolute atomic E-state index is 0.198. The van der Waals surface area contributed by atoms with Gasteiger partial charge in [-0.3, -0.25) is 0 Å². The molecule has 3 rings (SSSR count). The van der Waals surface area contributed by atoms with Crippen LogP contribution in [0.4, 0.5) is 0 Å². The third-order valence-corrected chi connectivity index (χ3v) is 5.10. The zero-order valence-electron chi connectivity index (χ0n) is 15.8. The van der Waals surface area contributed by atoms with E-state index in [1.165, 1.54) is 0 Å². The number of nitrogens with zero attached hydrogens (tertiary/aromatic N) is 3. The molecule has 0 fully saturated rings. The predicted octanol–water partition coefficient (Wildman–Crippen LogP) is 6.12. The summed E-state index contributed by atoms with van der Waals surface area (Å²) in [6, 6.07) is 17.2. The zero-order valence-corrected chi connectivity index (χ0v) is 17.3. The molecule has 6 heteroatoms. The number of hydrogen-bond acceptors (Lipinski definition) is 4. The average molecular weight is 412 g/mol. The standard InChI is InChI=1S/C22H19Cl2N3O/c1-14(20-8-9-26-21(24)27-20)28-19-6-4-16(5-7-19)22(2,3)17-10-15(13-25)11-18(23)12-17/h4-12,14H,1-3H3. The van der Waals surface area contributed by atoms with E-state index in [2.05, 4.69) is 29.9 Å². The number of aromatic nitrogens is 2. The third-order valence-electron chi connectivity index (χ3n) is 4.70. The van der Waals surface area contributed by atoms with Gasteiger partial charge in [0.25, 0.3) is 0 Å². The van der Waals surface area contributed by atoms with Crippen LogP contribution in [0.2, 0.25) is 10.3 Å². The minimum Gasteiger partial charge on any atom is -0.484 e. The lowest BCUT2D eigenvalue weighted by molar-refractivity contribution is 0.221. The van der Waals surface area contributed by atoms with E-state index < -0.39 is 0 Å². The van der Waals surface area contributed by atoms with Gasteiger partial charge in [0.2, 0.25) is 5.28 Å². The summed E-state index contributed by atoms with van der Waals surface area (Å²) in [4.78, 5) is 8.07. The fraction of sp³-hybridized carbons (Fsp3) is 0.227. The zero-order chi connectivity index (χ0) is 20.3. The first-order valence-corrected chi connectivity index (χ1v) is 9.52. The summed E-state index contributed by atoms with van der Waals surface area (Å²) in [5.41, 5.74) is 3.01. The Morgan fingerprint density at radius 2 is 1.75 bits per heavy atom. The third kappa shape index (κ3) is 4.44. The van der Waals surface area contributed by atoms with Crippen LogP contribution in [0.25, 0.3) is 0 Å². The van der Waals surface area contributed by atoms with Crippen LogP contribution in [-0.4, -0.2) is 9.97 Å². The van der Waals surface area contributed by atoms with E-state index in [1.807, 2.05) is 43.3 Å². The number of ether oxygens (including phenoxy) is 1. The highest BCUT2D eigenvalue weighted by atomic mass is 35.5. The topological polar surface area (TPSA) is 58.8 Å². The van der Waals surface area contributed by atoms with Gasteiger partial charge in [0.1, 0.15) is 11.9 Å². The van der Waals surface area contributed by atoms with Crippen molar-refractivity contribution in [1.82, 2.24) is 9.97 Å². The monoisotopic (exact) mass is 411 g/mol. The van der Waals surface area contributed by atoms with Gasteiger partial charge in [0.05, 0.1) is 17.3 Å². The van der Waals surface area contributed by atoms with Crippen LogP contribution >= 0.6 is 23.2 Å². The first-order chi connectivity index (χ1) is 13.3. The van der Waals surface area contributed by atoms with Crippen molar-refractivity contribution < 1.29 is 4.74 Å². The number of rotatable bonds is 5. The lowest BCUT2D eigenvalue weighted by Gasteiger charge is -2.27. The summed E-state index contributed by atoms with van der Waals surface area (Å²) in [6.07, 6.45) is 1.35. The quantitative estimate of drug-likeness (QED) is 0.474. The van der Waals surface area contributed by atoms with Gasteiger partial charge in [-0.15, -0.1) is 0 Å². The van der Waals surface area contributed by atoms with E-state index in [4.69, 9.17) is 27.9 Å². The molecule has 0 radical (unpaired) electrons. The molecule has 0 amide bonds. The van der Waals surface area contributed by atoms with Crippen LogP contribution in [-0.2, 0) is 5.41 Å². The summed E-state index contributed by atoms with van der Waals surface area (Å²) in [5, 5.41) is 9.96. The van der Waals surface area contributed by atoms with Gasteiger partial charge < -0.3 is 4.74 Å². The van der Waals surface area contributed by atoms with Crippen LogP contribution in [0.5, 0.6) is 5.75 Å². The normalized spacial score (nSPS) is 12.3. The molecule has 28 heavy (non-hydrogen) atoms. The molecule has 4 nitrogen and oxygen atoms in total. The van der Waals surface area contributed by atoms with E-state index in [-0.39, 0.29) is 16.8 Å². The maximum absolute atomic E-state index is 9.21. The summed E-state index contributed by atoms with van der Waals surface area (Å²) in [7, 11) is 0. The van der Waals surface area contributed by atoms with Crippen molar-refractivity contribution in [2.75, 3.05) is 0 Å². The van der Waals surface area contributed by atoms with Crippen LogP contribution in [0, 0.1) is 11.3 Å². The molecule has 1 atom stereocenters. The molecule has 0 aliphatic carbocycles. The Balaban J connectivity index is 1.82. The molecule has 0 spiro atoms. The number of hydrogen-bond donors (Lipinski definition) is 0. The first-order valence-electron chi connectivity index (χ1n) is 8.76. The van der Waals surface area contributed by atoms with E-state index in [0.29, 0.717) is 16.3 Å². The van der Waals surface area contributed by atoms with E-state index >= 15 is 0 Å². The molecule has 0 saturated heterocycles. The maximum Gasteiger partial charge on any atom is 0.222 e. The largest absolute Gasteiger partial charge is 0.484 e. The highest BCUT2D eigenvalue weighted by Gasteiger charge is 2.24. The Labute approximate surface area is 174 Å². The predicted molar refractivity (Wildman–Crippen MR) is 111 cm³/mol. The van der Waals surface area contributed by atoms with Crippen molar-refractivity contribution in [2.24, 2.45) is 0 Å². The molecule has 1 unspecified atom stereocenters. The summed E-state index contributed by atoms with van der Waals surface area (Å²) in [6.45, 7) is 6.11. The Hall–Kier alpha value is -2.61. The molecule has 0 saturated carbocycles. The molecule has 142 valence electrons. The van der Waals surface area contributed by atoms with Gasteiger partial charge in [-0.1, -0.05) is 37.6 Å². The van der Waals surface area contributed by atoms with E-state index in [9.17, 15) is 5.26 Å². The van der Waals surface area contributed by atoms with E-state index in [0.717, 1.165) is 16.9 Å². The number of nitriles is 1. The fourth-order valence-corrected chi connectivity index (χ4v) is 3.36. The second-order valence-electron chi connectivity index (χ2n) is 7.00. The van der Waals surface area contributed by atoms with Crippen LogP contribution < -0.4 is 4.74 Å². The van der Waals surface area contributed by atoms with Gasteiger partial charge in [0, 0.05) is 16.6 Å². The molecule has 1 heterocycles. The second-order valence-corrected chi connectivity index (χ2v) is 7.77. The molecule has 1 aromatic heterocycles. The summed E-state index contributed by atoms with van der Waals surface area (Å²) < 4.78 is 5.97. The van der Waals surface area contributed by atoms with Crippen molar-refractivity contribution in [3.8, 4) is 11.8 Å². The minimum atomic E-state index is -0.319. The highest BCUT2D eigenvalue weighted by molar-refractivity contribution is 6.30. The Morgan fingerprint density at radius 3 is 2.39 bits per heavy atom. The second kappa shape index (κ2) is 8.18. The maximum atomic E-state index is 9.21. The highest BCUT2D eigenvalue weighted by Crippen LogP contribution is 2.34. The first kappa shape index (κ1) is 20.1. The number of halogens is 2. The average Bonchev–Trinajstić information content (AvgIpc) is 2.68. The Morgan fingerprint density at radius 1 is 1.04 bits per heavy atom. The molecule has 0 aliphatic rings. The molecule has 0 aliphatic heterocycles. The van der Waals surface area contributed by atoms with Gasteiger partial charge in [0.15, 0.2) is 0 Å². The van der Waals surface area contributed by atoms with Gasteiger partial charge in [-0.25, -0.2) is 9.97 Å². The van der Waals surface area contributed by atoms with Crippen LogP contribution in [0.3, 0.4) is 0 Å². The van der Waals surface area contributed by atoms with Crippen molar-refractivity contribution in [2.45, 2.75) is 32.3 Å². The molecule has 0 bridgehead atoms. The molecule has 0 N–H and O–H groups in total. The van der Waals surface area contributed by atoms with E-state index in [1.54, 1.807) is 18.3 Å². The van der Waals surface area contributed by atoms with Gasteiger partial charge in [-0.05, 0) is 66.0 Å². The smallest absolute Gasteiger partial charge is 0.222 e. The van der Waals surface area contributed by atoms with Gasteiger partial charge in [-0.2, -0.15) is 5.26 Å². The molecular weight excluding hydrogens is 393 g/mol. The van der Waals surface area contributed by atoms with Crippen molar-refractivity contribution in [3.05, 3.63) is 87.4 Å². The van der Waals surface area contributed by atoms with Crippen molar-refractivity contribution in [1.29, 1.82) is 5.26 Å². The lowest BCUT2D eigenvalue weighted by atomic mass is 9.78.